The van der Waals surface area contributed by atoms with Gasteiger partial charge in [-0.05, 0) is 106 Å². The summed E-state index contributed by atoms with van der Waals surface area (Å²) in [5.74, 6) is 2.53. The molecule has 2 heterocycles. The maximum Gasteiger partial charge on any atom is 0.178 e. The Morgan fingerprint density at radius 1 is 0.638 bits per heavy atom. The number of anilines is 1. The van der Waals surface area contributed by atoms with Gasteiger partial charge in [0.1, 0.15) is 17.2 Å². The minimum Gasteiger partial charge on any atom is -0.497 e. The van der Waals surface area contributed by atoms with Gasteiger partial charge in [0.2, 0.25) is 0 Å². The van der Waals surface area contributed by atoms with Crippen LogP contribution in [0.3, 0.4) is 0 Å². The summed E-state index contributed by atoms with van der Waals surface area (Å²) < 4.78 is 25.5. The quantitative estimate of drug-likeness (QED) is 0.169. The van der Waals surface area contributed by atoms with E-state index in [0.717, 1.165) is 84.0 Å². The molecule has 10 rings (SSSR count). The van der Waals surface area contributed by atoms with Crippen LogP contribution in [0.2, 0.25) is 0 Å². The van der Waals surface area contributed by atoms with Gasteiger partial charge in [-0.15, -0.1) is 0 Å². The molecule has 0 radical (unpaired) electrons. The monoisotopic (exact) mass is 767 g/mol. The van der Waals surface area contributed by atoms with Gasteiger partial charge in [0.25, 0.3) is 0 Å². The average Bonchev–Trinajstić information content (AvgIpc) is 3.50. The fourth-order valence-electron chi connectivity index (χ4n) is 11.8. The predicted octanol–water partition coefficient (Wildman–Crippen LogP) is 12.2. The fourth-order valence-corrected chi connectivity index (χ4v) is 11.8. The highest BCUT2D eigenvalue weighted by Gasteiger charge is 2.55. The molecule has 1 spiro atoms. The largest absolute Gasteiger partial charge is 0.497 e. The van der Waals surface area contributed by atoms with Gasteiger partial charge in [0.05, 0.1) is 27.4 Å². The van der Waals surface area contributed by atoms with E-state index < -0.39 is 5.60 Å². The Bertz CT molecular complexity index is 2550. The van der Waals surface area contributed by atoms with Crippen molar-refractivity contribution in [1.82, 2.24) is 0 Å². The molecule has 1 atom stereocenters. The van der Waals surface area contributed by atoms with Crippen molar-refractivity contribution < 1.29 is 18.9 Å². The van der Waals surface area contributed by atoms with Crippen molar-refractivity contribution in [1.29, 1.82) is 0 Å². The van der Waals surface area contributed by atoms with Crippen LogP contribution in [-0.4, -0.2) is 40.5 Å². The number of nitrogens with zero attached hydrogens (tertiary/aromatic N) is 1. The molecule has 58 heavy (non-hydrogen) atoms. The SMILES string of the molecule is COc1ccc(C2(c3ccc(N4CCOCC4)cc3)C=Cc3c4c(c5cc(-c6ccccc6)c(OC)cc5c3O2)-c2ccccc2C42CC(C)(C)CC(C)(C)C2)cc1. The van der Waals surface area contributed by atoms with Crippen LogP contribution in [0.4, 0.5) is 5.69 Å². The van der Waals surface area contributed by atoms with E-state index in [4.69, 9.17) is 18.9 Å². The van der Waals surface area contributed by atoms with Gasteiger partial charge in [-0.1, -0.05) is 113 Å². The summed E-state index contributed by atoms with van der Waals surface area (Å²) in [4.78, 5) is 2.40. The maximum atomic E-state index is 7.85. The first-order valence-electron chi connectivity index (χ1n) is 20.9. The predicted molar refractivity (Wildman–Crippen MR) is 236 cm³/mol. The normalized spacial score (nSPS) is 20.9. The lowest BCUT2D eigenvalue weighted by molar-refractivity contribution is 0.0642. The summed E-state index contributed by atoms with van der Waals surface area (Å²) in [7, 11) is 3.50. The van der Waals surface area contributed by atoms with E-state index in [-0.39, 0.29) is 16.2 Å². The Kier molecular flexibility index (Phi) is 8.58. The van der Waals surface area contributed by atoms with Gasteiger partial charge in [0, 0.05) is 51.8 Å². The van der Waals surface area contributed by atoms with Crippen LogP contribution in [0, 0.1) is 10.8 Å². The van der Waals surface area contributed by atoms with Crippen molar-refractivity contribution in [2.75, 3.05) is 45.4 Å². The van der Waals surface area contributed by atoms with Crippen LogP contribution in [0.15, 0.2) is 121 Å². The number of ether oxygens (including phenoxy) is 4. The smallest absolute Gasteiger partial charge is 0.178 e. The molecule has 0 aromatic heterocycles. The molecule has 1 saturated heterocycles. The summed E-state index contributed by atoms with van der Waals surface area (Å²) in [5.41, 5.74) is 11.3. The number of benzene rings is 6. The van der Waals surface area contributed by atoms with E-state index in [1.54, 1.807) is 14.2 Å². The van der Waals surface area contributed by atoms with E-state index in [9.17, 15) is 0 Å². The lowest BCUT2D eigenvalue weighted by atomic mass is 9.52. The highest BCUT2D eigenvalue weighted by molar-refractivity contribution is 6.10. The van der Waals surface area contributed by atoms with Crippen LogP contribution >= 0.6 is 0 Å². The number of rotatable bonds is 6. The summed E-state index contributed by atoms with van der Waals surface area (Å²) in [6.07, 6.45) is 8.02. The number of methoxy groups -OCH3 is 2. The van der Waals surface area contributed by atoms with Crippen molar-refractivity contribution in [3.8, 4) is 39.5 Å². The zero-order chi connectivity index (χ0) is 39.9. The second-order valence-corrected chi connectivity index (χ2v) is 18.5. The van der Waals surface area contributed by atoms with Crippen LogP contribution in [0.25, 0.3) is 39.1 Å². The molecule has 2 aliphatic carbocycles. The van der Waals surface area contributed by atoms with E-state index in [0.29, 0.717) is 0 Å². The Balaban J connectivity index is 1.28. The van der Waals surface area contributed by atoms with E-state index in [2.05, 4.69) is 148 Å². The Morgan fingerprint density at radius 3 is 1.97 bits per heavy atom. The molecule has 2 aliphatic heterocycles. The molecule has 5 nitrogen and oxygen atoms in total. The first-order chi connectivity index (χ1) is 28.0. The Labute approximate surface area is 343 Å². The minimum absolute atomic E-state index is 0.127. The lowest BCUT2D eigenvalue weighted by Gasteiger charge is -2.52. The van der Waals surface area contributed by atoms with E-state index >= 15 is 0 Å². The highest BCUT2D eigenvalue weighted by Crippen LogP contribution is 2.67. The molecule has 2 fully saturated rings. The summed E-state index contributed by atoms with van der Waals surface area (Å²) in [6.45, 7) is 13.2. The molecule has 6 aromatic rings. The van der Waals surface area contributed by atoms with Crippen molar-refractivity contribution in [3.63, 3.8) is 0 Å². The van der Waals surface area contributed by atoms with Crippen molar-refractivity contribution >= 4 is 22.5 Å². The van der Waals surface area contributed by atoms with Crippen LogP contribution in [-0.2, 0) is 15.8 Å². The first kappa shape index (κ1) is 36.8. The molecule has 6 aromatic carbocycles. The molecule has 4 aliphatic rings. The van der Waals surface area contributed by atoms with Gasteiger partial charge < -0.3 is 23.8 Å². The lowest BCUT2D eigenvalue weighted by Crippen LogP contribution is -2.44. The van der Waals surface area contributed by atoms with E-state index in [1.807, 2.05) is 12.1 Å². The second kappa shape index (κ2) is 13.5. The van der Waals surface area contributed by atoms with Crippen LogP contribution in [0.5, 0.6) is 17.2 Å². The number of hydrogen-bond donors (Lipinski definition) is 0. The molecular weight excluding hydrogens is 715 g/mol. The van der Waals surface area contributed by atoms with Gasteiger partial charge in [-0.3, -0.25) is 0 Å². The second-order valence-electron chi connectivity index (χ2n) is 18.5. The minimum atomic E-state index is -0.918. The molecular formula is C53H53NO4. The fraction of sp³-hybridized carbons (Fsp3) is 0.321. The molecule has 1 saturated carbocycles. The molecule has 1 unspecified atom stereocenters. The number of fused-ring (bicyclic) bond motifs is 10. The highest BCUT2D eigenvalue weighted by atomic mass is 16.5. The van der Waals surface area contributed by atoms with Gasteiger partial charge in [-0.2, -0.15) is 0 Å². The molecule has 5 heteroatoms. The number of hydrogen-bond acceptors (Lipinski definition) is 5. The van der Waals surface area contributed by atoms with Crippen molar-refractivity contribution in [2.45, 2.75) is 58.0 Å². The van der Waals surface area contributed by atoms with Gasteiger partial charge >= 0.3 is 0 Å². The van der Waals surface area contributed by atoms with Crippen LogP contribution < -0.4 is 19.1 Å². The first-order valence-corrected chi connectivity index (χ1v) is 20.9. The summed E-state index contributed by atoms with van der Waals surface area (Å²) in [5, 5.41) is 2.25. The number of morpholine rings is 1. The zero-order valence-corrected chi connectivity index (χ0v) is 34.7. The van der Waals surface area contributed by atoms with Crippen LogP contribution in [0.1, 0.15) is 74.8 Å². The van der Waals surface area contributed by atoms with Crippen molar-refractivity contribution in [2.24, 2.45) is 10.8 Å². The Hall–Kier alpha value is -5.52. The topological polar surface area (TPSA) is 40.2 Å². The van der Waals surface area contributed by atoms with Crippen molar-refractivity contribution in [3.05, 3.63) is 149 Å². The van der Waals surface area contributed by atoms with E-state index in [1.165, 1.54) is 45.3 Å². The summed E-state index contributed by atoms with van der Waals surface area (Å²) >= 11 is 0. The third-order valence-electron chi connectivity index (χ3n) is 13.3. The third-order valence-corrected chi connectivity index (χ3v) is 13.3. The molecule has 0 amide bonds. The zero-order valence-electron chi connectivity index (χ0n) is 34.7. The molecule has 0 N–H and O–H groups in total. The average molecular weight is 768 g/mol. The maximum absolute atomic E-state index is 7.85. The Morgan fingerprint density at radius 2 is 1.29 bits per heavy atom. The molecule has 0 bridgehead atoms. The standard InChI is InChI=1S/C53H53NO4/c1-50(2)32-51(3,4)34-52(33-50)45-15-11-10-14-40(45)47-43-30-42(35-12-8-7-9-13-35)46(56-6)31-44(43)49-41(48(47)52)24-25-53(58-49,37-18-22-39(55-5)23-19-37)36-16-20-38(21-17-36)54-26-28-57-29-27-54/h7-25,30-31H,26-29,32-34H2,1-6H3. The van der Waals surface area contributed by atoms with Gasteiger partial charge in [0.15, 0.2) is 5.60 Å². The third kappa shape index (κ3) is 5.76. The summed E-state index contributed by atoms with van der Waals surface area (Å²) in [6, 6.07) is 41.9. The molecule has 294 valence electrons. The van der Waals surface area contributed by atoms with Gasteiger partial charge in [-0.25, -0.2) is 0 Å².